The fourth-order valence-corrected chi connectivity index (χ4v) is 9.19. The molecule has 0 fully saturated rings. The number of amides is 3. The summed E-state index contributed by atoms with van der Waals surface area (Å²) in [5.41, 5.74) is 3.10. The SMILES string of the molecule is CCCCCCCC(=O)N1CCN2CCN(C(=O)CCCCCCC)Cc3cccc(c3)OCCN(CCOc3cccc(c3)C1)CCOc1cccc(c1)CN(C(=O)CCCCCCC)CC2. The minimum Gasteiger partial charge on any atom is -0.492 e. The first-order valence-electron chi connectivity index (χ1n) is 26.8. The summed E-state index contributed by atoms with van der Waals surface area (Å²) < 4.78 is 19.2. The second kappa shape index (κ2) is 32.2. The number of ether oxygens (including phenoxy) is 3. The molecule has 6 rings (SSSR count). The molecule has 376 valence electrons. The van der Waals surface area contributed by atoms with E-state index >= 15 is 0 Å². The molecule has 0 radical (unpaired) electrons. The number of unbranched alkanes of at least 4 members (excludes halogenated alkanes) is 12. The van der Waals surface area contributed by atoms with Crippen LogP contribution in [0.2, 0.25) is 0 Å². The van der Waals surface area contributed by atoms with E-state index in [0.717, 1.165) is 111 Å². The second-order valence-electron chi connectivity index (χ2n) is 19.1. The third kappa shape index (κ3) is 20.9. The number of fused-ring (bicyclic) bond motifs is 15. The van der Waals surface area contributed by atoms with Gasteiger partial charge in [0.1, 0.15) is 37.1 Å². The van der Waals surface area contributed by atoms with E-state index in [1.807, 2.05) is 51.1 Å². The van der Waals surface area contributed by atoms with Gasteiger partial charge < -0.3 is 28.9 Å². The van der Waals surface area contributed by atoms with Crippen LogP contribution in [-0.4, -0.2) is 121 Å². The third-order valence-electron chi connectivity index (χ3n) is 13.4. The Labute approximate surface area is 410 Å². The van der Waals surface area contributed by atoms with Crippen LogP contribution in [-0.2, 0) is 34.0 Å². The normalized spacial score (nSPS) is 18.0. The molecule has 0 spiro atoms. The summed E-state index contributed by atoms with van der Waals surface area (Å²) in [5, 5.41) is 0. The Morgan fingerprint density at radius 2 is 0.676 bits per heavy atom. The summed E-state index contributed by atoms with van der Waals surface area (Å²) >= 11 is 0. The maximum atomic E-state index is 14.3. The van der Waals surface area contributed by atoms with Crippen molar-refractivity contribution in [2.45, 2.75) is 156 Å². The van der Waals surface area contributed by atoms with Crippen molar-refractivity contribution in [2.24, 2.45) is 0 Å². The Hall–Kier alpha value is -4.61. The number of hydrogen-bond donors (Lipinski definition) is 0. The van der Waals surface area contributed by atoms with Crippen LogP contribution in [0.3, 0.4) is 0 Å². The van der Waals surface area contributed by atoms with Crippen molar-refractivity contribution < 1.29 is 28.6 Å². The minimum absolute atomic E-state index is 0.163. The van der Waals surface area contributed by atoms with Crippen LogP contribution < -0.4 is 14.2 Å². The molecular formula is C57H87N5O6. The summed E-state index contributed by atoms with van der Waals surface area (Å²) in [6.45, 7) is 15.0. The number of carbonyl (C=O) groups excluding carboxylic acids is 3. The van der Waals surface area contributed by atoms with E-state index in [2.05, 4.69) is 67.0 Å². The Balaban J connectivity index is 1.51. The average Bonchev–Trinajstić information content (AvgIpc) is 3.34. The van der Waals surface area contributed by atoms with Gasteiger partial charge in [0.15, 0.2) is 0 Å². The molecule has 0 N–H and O–H groups in total. The van der Waals surface area contributed by atoms with E-state index < -0.39 is 0 Å². The van der Waals surface area contributed by atoms with Crippen LogP contribution >= 0.6 is 0 Å². The van der Waals surface area contributed by atoms with E-state index in [9.17, 15) is 14.4 Å². The molecule has 3 aliphatic rings. The van der Waals surface area contributed by atoms with Crippen molar-refractivity contribution in [3.63, 3.8) is 0 Å². The minimum atomic E-state index is 0.163. The second-order valence-corrected chi connectivity index (χ2v) is 19.1. The Morgan fingerprint density at radius 3 is 0.985 bits per heavy atom. The largest absolute Gasteiger partial charge is 0.492 e. The molecule has 0 atom stereocenters. The van der Waals surface area contributed by atoms with Gasteiger partial charge in [-0.05, 0) is 72.4 Å². The van der Waals surface area contributed by atoms with E-state index in [1.54, 1.807) is 0 Å². The number of benzene rings is 3. The molecule has 11 nitrogen and oxygen atoms in total. The highest BCUT2D eigenvalue weighted by atomic mass is 16.5. The van der Waals surface area contributed by atoms with Crippen molar-refractivity contribution in [1.82, 2.24) is 24.5 Å². The van der Waals surface area contributed by atoms with Gasteiger partial charge in [-0.15, -0.1) is 0 Å². The lowest BCUT2D eigenvalue weighted by atomic mass is 10.1. The van der Waals surface area contributed by atoms with Gasteiger partial charge in [-0.2, -0.15) is 0 Å². The van der Waals surface area contributed by atoms with Crippen molar-refractivity contribution >= 4 is 17.7 Å². The predicted molar refractivity (Wildman–Crippen MR) is 275 cm³/mol. The molecular weight excluding hydrogens is 851 g/mol. The van der Waals surface area contributed by atoms with Gasteiger partial charge >= 0.3 is 0 Å². The Bertz CT molecular complexity index is 1680. The van der Waals surface area contributed by atoms with Crippen LogP contribution in [0.1, 0.15) is 153 Å². The lowest BCUT2D eigenvalue weighted by molar-refractivity contribution is -0.132. The molecule has 3 heterocycles. The maximum absolute atomic E-state index is 14.3. The zero-order chi connectivity index (χ0) is 48.0. The molecule has 0 saturated heterocycles. The summed E-state index contributed by atoms with van der Waals surface area (Å²) in [4.78, 5) is 53.5. The first-order chi connectivity index (χ1) is 33.3. The van der Waals surface area contributed by atoms with Gasteiger partial charge in [-0.25, -0.2) is 0 Å². The smallest absolute Gasteiger partial charge is 0.222 e. The molecule has 3 aromatic carbocycles. The van der Waals surface area contributed by atoms with E-state index in [4.69, 9.17) is 14.2 Å². The average molecular weight is 938 g/mol. The van der Waals surface area contributed by atoms with Crippen LogP contribution in [0.5, 0.6) is 17.2 Å². The zero-order valence-electron chi connectivity index (χ0n) is 42.4. The van der Waals surface area contributed by atoms with E-state index in [0.29, 0.717) is 118 Å². The van der Waals surface area contributed by atoms with Gasteiger partial charge in [0.05, 0.1) is 0 Å². The molecule has 3 amide bonds. The fraction of sp³-hybridized carbons (Fsp3) is 0.632. The molecule has 8 bridgehead atoms. The maximum Gasteiger partial charge on any atom is 0.222 e. The fourth-order valence-electron chi connectivity index (χ4n) is 9.19. The van der Waals surface area contributed by atoms with Crippen LogP contribution in [0.25, 0.3) is 0 Å². The number of carbonyl (C=O) groups is 3. The monoisotopic (exact) mass is 938 g/mol. The number of hydrogen-bond acceptors (Lipinski definition) is 8. The topological polar surface area (TPSA) is 95.1 Å². The quantitative estimate of drug-likeness (QED) is 0.116. The first kappa shape index (κ1) is 54.3. The zero-order valence-corrected chi connectivity index (χ0v) is 42.4. The van der Waals surface area contributed by atoms with Gasteiger partial charge in [0.2, 0.25) is 17.7 Å². The number of nitrogens with zero attached hydrogens (tertiary/aromatic N) is 5. The van der Waals surface area contributed by atoms with Crippen LogP contribution in [0.4, 0.5) is 0 Å². The summed E-state index contributed by atoms with van der Waals surface area (Å²) in [6.07, 6.45) is 17.8. The summed E-state index contributed by atoms with van der Waals surface area (Å²) in [5.74, 6) is 2.84. The lowest BCUT2D eigenvalue weighted by Crippen LogP contribution is -2.45. The van der Waals surface area contributed by atoms with Crippen LogP contribution in [0.15, 0.2) is 72.8 Å². The summed E-state index contributed by atoms with van der Waals surface area (Å²) in [7, 11) is 0. The molecule has 3 aliphatic heterocycles. The molecule has 0 saturated carbocycles. The lowest BCUT2D eigenvalue weighted by Gasteiger charge is -2.32. The highest BCUT2D eigenvalue weighted by molar-refractivity contribution is 5.77. The van der Waals surface area contributed by atoms with E-state index in [1.165, 1.54) is 19.3 Å². The Morgan fingerprint density at radius 1 is 0.382 bits per heavy atom. The first-order valence-corrected chi connectivity index (χ1v) is 26.8. The van der Waals surface area contributed by atoms with Crippen molar-refractivity contribution in [3.05, 3.63) is 89.5 Å². The molecule has 0 unspecified atom stereocenters. The molecule has 11 heteroatoms. The third-order valence-corrected chi connectivity index (χ3v) is 13.4. The summed E-state index contributed by atoms with van der Waals surface area (Å²) in [6, 6.07) is 24.5. The highest BCUT2D eigenvalue weighted by Crippen LogP contribution is 2.21. The molecule has 0 aromatic heterocycles. The molecule has 0 aliphatic carbocycles. The highest BCUT2D eigenvalue weighted by Gasteiger charge is 2.22. The van der Waals surface area contributed by atoms with Gasteiger partial charge in [0.25, 0.3) is 0 Å². The van der Waals surface area contributed by atoms with Gasteiger partial charge in [-0.1, -0.05) is 134 Å². The standard InChI is InChI=1S/C57H87N5O6/c1-4-7-10-13-16-28-55(63)60-34-31-58-32-35-61(56(64)29-17-14-11-8-5-2)47-50-23-20-26-53(44-50)67-41-38-59(37-40-66-52-25-19-22-49(43-52)46-60)39-42-68-54-27-21-24-51(45-54)48-62(36-33-58)57(65)30-18-15-12-9-6-3/h19-27,43-45H,4-18,28-42,46-48H2,1-3H3. The van der Waals surface area contributed by atoms with Gasteiger partial charge in [0, 0.05) is 97.8 Å². The van der Waals surface area contributed by atoms with Crippen molar-refractivity contribution in [2.75, 3.05) is 78.7 Å². The predicted octanol–water partition coefficient (Wildman–Crippen LogP) is 10.9. The molecule has 68 heavy (non-hydrogen) atoms. The Kier molecular flexibility index (Phi) is 25.8. The molecule has 3 aromatic rings. The van der Waals surface area contributed by atoms with Gasteiger partial charge in [-0.3, -0.25) is 24.2 Å². The van der Waals surface area contributed by atoms with Crippen molar-refractivity contribution in [3.8, 4) is 17.2 Å². The number of rotatable bonds is 18. The van der Waals surface area contributed by atoms with Crippen LogP contribution in [0, 0.1) is 0 Å². The van der Waals surface area contributed by atoms with Crippen molar-refractivity contribution in [1.29, 1.82) is 0 Å². The van der Waals surface area contributed by atoms with E-state index in [-0.39, 0.29) is 17.7 Å².